The number of hydrogen-bond donors (Lipinski definition) is 0. The van der Waals surface area contributed by atoms with E-state index in [-0.39, 0.29) is 0 Å². The lowest BCUT2D eigenvalue weighted by atomic mass is 9.55. The molecule has 0 spiro atoms. The van der Waals surface area contributed by atoms with E-state index in [0.717, 1.165) is 11.8 Å². The normalized spacial score (nSPS) is 41.3. The van der Waals surface area contributed by atoms with Crippen molar-refractivity contribution in [3.05, 3.63) is 22.8 Å². The summed E-state index contributed by atoms with van der Waals surface area (Å²) in [5.74, 6) is 1.61. The van der Waals surface area contributed by atoms with Gasteiger partial charge in [-0.15, -0.1) is 0 Å². The maximum atomic E-state index is 2.58. The van der Waals surface area contributed by atoms with Crippen LogP contribution in [0.15, 0.2) is 22.8 Å². The molecule has 0 aromatic carbocycles. The molecule has 0 saturated heterocycles. The molecule has 0 heteroatoms. The molecule has 0 nitrogen and oxygen atoms in total. The Bertz CT molecular complexity index is 464. The van der Waals surface area contributed by atoms with Crippen molar-refractivity contribution < 1.29 is 0 Å². The minimum absolute atomic E-state index is 0.539. The fourth-order valence-corrected chi connectivity index (χ4v) is 5.27. The van der Waals surface area contributed by atoms with Crippen molar-refractivity contribution in [3.63, 3.8) is 0 Å². The predicted octanol–water partition coefficient (Wildman–Crippen LogP) is 6.29. The zero-order valence-corrected chi connectivity index (χ0v) is 14.2. The Morgan fingerprint density at radius 1 is 1.10 bits per heavy atom. The highest BCUT2D eigenvalue weighted by Crippen LogP contribution is 2.62. The van der Waals surface area contributed by atoms with Gasteiger partial charge < -0.3 is 0 Å². The van der Waals surface area contributed by atoms with Crippen LogP contribution in [-0.2, 0) is 0 Å². The van der Waals surface area contributed by atoms with Gasteiger partial charge in [0.25, 0.3) is 0 Å². The second-order valence-corrected chi connectivity index (χ2v) is 8.65. The zero-order chi connectivity index (χ0) is 14.5. The van der Waals surface area contributed by atoms with Gasteiger partial charge in [-0.05, 0) is 74.5 Å². The molecule has 0 bridgehead atoms. The highest BCUT2D eigenvalue weighted by molar-refractivity contribution is 5.35. The van der Waals surface area contributed by atoms with Gasteiger partial charge in [0.2, 0.25) is 0 Å². The van der Waals surface area contributed by atoms with Gasteiger partial charge in [-0.2, -0.15) is 0 Å². The lowest BCUT2D eigenvalue weighted by Gasteiger charge is -2.50. The van der Waals surface area contributed by atoms with E-state index in [1.807, 2.05) is 11.1 Å². The van der Waals surface area contributed by atoms with E-state index in [9.17, 15) is 0 Å². The molecule has 1 fully saturated rings. The SMILES string of the molecule is CC1=CC[C@]2(C)CC[C@@]3(C)CCC(C(C)C)=C3[C@H]2CC1. The molecular weight excluding hydrogens is 240 g/mol. The summed E-state index contributed by atoms with van der Waals surface area (Å²) in [6, 6.07) is 0. The maximum Gasteiger partial charge on any atom is -0.0107 e. The minimum atomic E-state index is 0.539. The molecule has 0 aromatic rings. The third kappa shape index (κ3) is 2.11. The molecular formula is C20H32. The highest BCUT2D eigenvalue weighted by atomic mass is 14.6. The molecule has 20 heavy (non-hydrogen) atoms. The van der Waals surface area contributed by atoms with Crippen molar-refractivity contribution in [1.82, 2.24) is 0 Å². The van der Waals surface area contributed by atoms with E-state index in [2.05, 4.69) is 40.7 Å². The Morgan fingerprint density at radius 2 is 1.85 bits per heavy atom. The summed E-state index contributed by atoms with van der Waals surface area (Å²) in [5, 5.41) is 0. The molecule has 1 saturated carbocycles. The molecule has 3 atom stereocenters. The molecule has 0 N–H and O–H groups in total. The quantitative estimate of drug-likeness (QED) is 0.492. The van der Waals surface area contributed by atoms with E-state index in [4.69, 9.17) is 0 Å². The van der Waals surface area contributed by atoms with Crippen molar-refractivity contribution in [2.75, 3.05) is 0 Å². The van der Waals surface area contributed by atoms with Crippen LogP contribution in [0, 0.1) is 22.7 Å². The molecule has 3 aliphatic carbocycles. The van der Waals surface area contributed by atoms with Gasteiger partial charge >= 0.3 is 0 Å². The van der Waals surface area contributed by atoms with E-state index in [1.54, 1.807) is 5.57 Å². The smallest absolute Gasteiger partial charge is 0.0107 e. The summed E-state index contributed by atoms with van der Waals surface area (Å²) in [6.07, 6.45) is 12.3. The maximum absolute atomic E-state index is 2.58. The molecule has 0 aromatic heterocycles. The van der Waals surface area contributed by atoms with Crippen molar-refractivity contribution >= 4 is 0 Å². The standard InChI is InChI=1S/C20H32/c1-14(2)16-9-11-20(5)13-12-19(4)10-8-15(3)6-7-17(19)18(16)20/h8,14,17H,6-7,9-13H2,1-5H3/t17-,19-,20-/m1/s1. The van der Waals surface area contributed by atoms with Gasteiger partial charge in [0.05, 0.1) is 0 Å². The Balaban J connectivity index is 2.05. The van der Waals surface area contributed by atoms with Crippen LogP contribution >= 0.6 is 0 Å². The molecule has 3 aliphatic rings. The van der Waals surface area contributed by atoms with Gasteiger partial charge in [-0.3, -0.25) is 0 Å². The average molecular weight is 272 g/mol. The third-order valence-electron chi connectivity index (χ3n) is 6.82. The van der Waals surface area contributed by atoms with Gasteiger partial charge in [-0.1, -0.05) is 50.5 Å². The minimum Gasteiger partial charge on any atom is -0.0850 e. The van der Waals surface area contributed by atoms with Crippen molar-refractivity contribution in [3.8, 4) is 0 Å². The van der Waals surface area contributed by atoms with E-state index in [0.29, 0.717) is 10.8 Å². The summed E-state index contributed by atoms with van der Waals surface area (Å²) >= 11 is 0. The zero-order valence-electron chi connectivity index (χ0n) is 14.2. The molecule has 0 radical (unpaired) electrons. The Kier molecular flexibility index (Phi) is 3.42. The largest absolute Gasteiger partial charge is 0.0850 e. The number of rotatable bonds is 1. The summed E-state index contributed by atoms with van der Waals surface area (Å²) in [5.41, 5.74) is 6.47. The van der Waals surface area contributed by atoms with Gasteiger partial charge in [0, 0.05) is 0 Å². The molecule has 3 rings (SSSR count). The van der Waals surface area contributed by atoms with Crippen LogP contribution in [0.1, 0.15) is 79.6 Å². The fourth-order valence-electron chi connectivity index (χ4n) is 5.27. The van der Waals surface area contributed by atoms with Crippen LogP contribution in [0.5, 0.6) is 0 Å². The van der Waals surface area contributed by atoms with Crippen LogP contribution in [0.3, 0.4) is 0 Å². The van der Waals surface area contributed by atoms with Crippen molar-refractivity contribution in [2.45, 2.75) is 79.6 Å². The fraction of sp³-hybridized carbons (Fsp3) is 0.800. The molecule has 0 heterocycles. The first-order chi connectivity index (χ1) is 9.36. The molecule has 0 aliphatic heterocycles. The van der Waals surface area contributed by atoms with Crippen LogP contribution in [0.25, 0.3) is 0 Å². The molecule has 0 unspecified atom stereocenters. The van der Waals surface area contributed by atoms with E-state index >= 15 is 0 Å². The van der Waals surface area contributed by atoms with Crippen LogP contribution in [-0.4, -0.2) is 0 Å². The van der Waals surface area contributed by atoms with Gasteiger partial charge in [0.1, 0.15) is 0 Å². The highest BCUT2D eigenvalue weighted by Gasteiger charge is 2.51. The van der Waals surface area contributed by atoms with E-state index < -0.39 is 0 Å². The number of hydrogen-bond acceptors (Lipinski definition) is 0. The third-order valence-corrected chi connectivity index (χ3v) is 6.82. The van der Waals surface area contributed by atoms with Crippen LogP contribution in [0.4, 0.5) is 0 Å². The Hall–Kier alpha value is -0.520. The summed E-state index contributed by atoms with van der Waals surface area (Å²) < 4.78 is 0. The first-order valence-corrected chi connectivity index (χ1v) is 8.75. The Morgan fingerprint density at radius 3 is 2.55 bits per heavy atom. The number of fused-ring (bicyclic) bond motifs is 3. The van der Waals surface area contributed by atoms with Gasteiger partial charge in [-0.25, -0.2) is 0 Å². The van der Waals surface area contributed by atoms with E-state index in [1.165, 1.54) is 44.9 Å². The predicted molar refractivity (Wildman–Crippen MR) is 87.6 cm³/mol. The first kappa shape index (κ1) is 14.4. The summed E-state index contributed by atoms with van der Waals surface area (Å²) in [4.78, 5) is 0. The monoisotopic (exact) mass is 272 g/mol. The van der Waals surface area contributed by atoms with Crippen molar-refractivity contribution in [2.24, 2.45) is 22.7 Å². The van der Waals surface area contributed by atoms with Gasteiger partial charge in [0.15, 0.2) is 0 Å². The summed E-state index contributed by atoms with van der Waals surface area (Å²) in [7, 11) is 0. The van der Waals surface area contributed by atoms with Crippen LogP contribution < -0.4 is 0 Å². The molecule has 112 valence electrons. The topological polar surface area (TPSA) is 0 Å². The average Bonchev–Trinajstić information content (AvgIpc) is 2.66. The molecule has 0 amide bonds. The lowest BCUT2D eigenvalue weighted by molar-refractivity contribution is 0.0987. The second-order valence-electron chi connectivity index (χ2n) is 8.65. The lowest BCUT2D eigenvalue weighted by Crippen LogP contribution is -2.39. The summed E-state index contributed by atoms with van der Waals surface area (Å²) in [6.45, 7) is 12.3. The van der Waals surface area contributed by atoms with Crippen LogP contribution in [0.2, 0.25) is 0 Å². The first-order valence-electron chi connectivity index (χ1n) is 8.75. The second kappa shape index (κ2) is 4.75. The van der Waals surface area contributed by atoms with Crippen molar-refractivity contribution in [1.29, 1.82) is 0 Å². The number of allylic oxidation sites excluding steroid dienone is 4. The Labute approximate surface area is 125 Å².